The number of carboxylic acid groups (broad SMARTS) is 1. The Morgan fingerprint density at radius 2 is 2.26 bits per heavy atom. The molecular formula is C15H18BrNO2. The average Bonchev–Trinajstić information content (AvgIpc) is 3.02. The lowest BCUT2D eigenvalue weighted by atomic mass is 10.1. The summed E-state index contributed by atoms with van der Waals surface area (Å²) in [6.45, 7) is 3.36. The molecule has 0 amide bonds. The van der Waals surface area contributed by atoms with E-state index >= 15 is 0 Å². The SMILES string of the molecule is CC1CC1CN(C)c1ccc(/C=C/C(=O)O)cc1Br. The fourth-order valence-corrected chi connectivity index (χ4v) is 2.91. The highest BCUT2D eigenvalue weighted by atomic mass is 79.9. The molecule has 0 saturated heterocycles. The second-order valence-electron chi connectivity index (χ2n) is 5.24. The third-order valence-corrected chi connectivity index (χ3v) is 4.22. The van der Waals surface area contributed by atoms with Crippen LogP contribution in [0.4, 0.5) is 5.69 Å². The molecular weight excluding hydrogens is 306 g/mol. The Morgan fingerprint density at radius 1 is 1.58 bits per heavy atom. The molecule has 0 spiro atoms. The number of hydrogen-bond acceptors (Lipinski definition) is 2. The largest absolute Gasteiger partial charge is 0.478 e. The van der Waals surface area contributed by atoms with E-state index < -0.39 is 5.97 Å². The van der Waals surface area contributed by atoms with Gasteiger partial charge in [0.05, 0.1) is 5.69 Å². The molecule has 0 aromatic heterocycles. The highest BCUT2D eigenvalue weighted by molar-refractivity contribution is 9.10. The van der Waals surface area contributed by atoms with Gasteiger partial charge in [0.1, 0.15) is 0 Å². The number of nitrogens with zero attached hydrogens (tertiary/aromatic N) is 1. The van der Waals surface area contributed by atoms with Crippen molar-refractivity contribution in [3.63, 3.8) is 0 Å². The smallest absolute Gasteiger partial charge is 0.328 e. The quantitative estimate of drug-likeness (QED) is 0.841. The second kappa shape index (κ2) is 5.78. The molecule has 2 unspecified atom stereocenters. The summed E-state index contributed by atoms with van der Waals surface area (Å²) in [6, 6.07) is 5.91. The van der Waals surface area contributed by atoms with Crippen LogP contribution in [0.25, 0.3) is 6.08 Å². The van der Waals surface area contributed by atoms with Crippen LogP contribution >= 0.6 is 15.9 Å². The van der Waals surface area contributed by atoms with Crippen LogP contribution in [-0.4, -0.2) is 24.7 Å². The van der Waals surface area contributed by atoms with E-state index in [4.69, 9.17) is 5.11 Å². The van der Waals surface area contributed by atoms with Gasteiger partial charge in [0.2, 0.25) is 0 Å². The van der Waals surface area contributed by atoms with E-state index in [1.54, 1.807) is 6.08 Å². The monoisotopic (exact) mass is 323 g/mol. The third kappa shape index (κ3) is 3.83. The number of benzene rings is 1. The zero-order valence-electron chi connectivity index (χ0n) is 11.1. The van der Waals surface area contributed by atoms with Crippen molar-refractivity contribution < 1.29 is 9.90 Å². The first-order valence-corrected chi connectivity index (χ1v) is 7.18. The molecule has 0 aliphatic heterocycles. The molecule has 19 heavy (non-hydrogen) atoms. The number of carboxylic acids is 1. The van der Waals surface area contributed by atoms with Crippen LogP contribution in [0.5, 0.6) is 0 Å². The summed E-state index contributed by atoms with van der Waals surface area (Å²) in [6.07, 6.45) is 4.07. The second-order valence-corrected chi connectivity index (χ2v) is 6.09. The van der Waals surface area contributed by atoms with Crippen molar-refractivity contribution in [2.24, 2.45) is 11.8 Å². The summed E-state index contributed by atoms with van der Waals surface area (Å²) in [4.78, 5) is 12.7. The normalized spacial score (nSPS) is 21.6. The summed E-state index contributed by atoms with van der Waals surface area (Å²) in [5.74, 6) is 0.725. The van der Waals surface area contributed by atoms with E-state index in [0.717, 1.165) is 40.2 Å². The van der Waals surface area contributed by atoms with Crippen molar-refractivity contribution in [3.05, 3.63) is 34.3 Å². The summed E-state index contributed by atoms with van der Waals surface area (Å²) >= 11 is 3.56. The zero-order chi connectivity index (χ0) is 14.0. The fourth-order valence-electron chi connectivity index (χ4n) is 2.21. The molecule has 1 N–H and O–H groups in total. The lowest BCUT2D eigenvalue weighted by Gasteiger charge is -2.21. The number of hydrogen-bond donors (Lipinski definition) is 1. The molecule has 4 heteroatoms. The minimum Gasteiger partial charge on any atom is -0.478 e. The van der Waals surface area contributed by atoms with E-state index in [2.05, 4.69) is 34.8 Å². The fraction of sp³-hybridized carbons (Fsp3) is 0.400. The van der Waals surface area contributed by atoms with E-state index in [9.17, 15) is 4.79 Å². The van der Waals surface area contributed by atoms with Gasteiger partial charge in [-0.15, -0.1) is 0 Å². The minimum atomic E-state index is -0.931. The Bertz CT molecular complexity index is 513. The Balaban J connectivity index is 2.07. The zero-order valence-corrected chi connectivity index (χ0v) is 12.7. The standard InChI is InChI=1S/C15H18BrNO2/c1-10-7-12(10)9-17(2)14-5-3-11(8-13(14)16)4-6-15(18)19/h3-6,8,10,12H,7,9H2,1-2H3,(H,18,19)/b6-4+. The summed E-state index contributed by atoms with van der Waals surface area (Å²) < 4.78 is 0.996. The lowest BCUT2D eigenvalue weighted by molar-refractivity contribution is -0.131. The molecule has 1 aliphatic carbocycles. The Morgan fingerprint density at radius 3 is 2.79 bits per heavy atom. The first-order valence-electron chi connectivity index (χ1n) is 6.39. The van der Waals surface area contributed by atoms with Crippen LogP contribution < -0.4 is 4.90 Å². The number of halogens is 1. The predicted octanol–water partition coefficient (Wildman–Crippen LogP) is 3.64. The van der Waals surface area contributed by atoms with Gasteiger partial charge in [-0.25, -0.2) is 4.79 Å². The van der Waals surface area contributed by atoms with Crippen LogP contribution in [0.3, 0.4) is 0 Å². The van der Waals surface area contributed by atoms with Crippen LogP contribution in [0, 0.1) is 11.8 Å². The molecule has 2 rings (SSSR count). The highest BCUT2D eigenvalue weighted by Gasteiger charge is 2.33. The van der Waals surface area contributed by atoms with E-state index in [1.807, 2.05) is 18.2 Å². The van der Waals surface area contributed by atoms with Gasteiger partial charge >= 0.3 is 5.97 Å². The van der Waals surface area contributed by atoms with Gasteiger partial charge in [-0.05, 0) is 58.0 Å². The number of aliphatic carboxylic acids is 1. The van der Waals surface area contributed by atoms with Crippen LogP contribution in [0.1, 0.15) is 18.9 Å². The van der Waals surface area contributed by atoms with E-state index in [1.165, 1.54) is 6.42 Å². The number of carbonyl (C=O) groups is 1. The molecule has 1 aromatic rings. The Labute approximate surface area is 122 Å². The Hall–Kier alpha value is -1.29. The maximum absolute atomic E-state index is 10.5. The molecule has 0 radical (unpaired) electrons. The summed E-state index contributed by atoms with van der Waals surface area (Å²) in [7, 11) is 2.10. The van der Waals surface area contributed by atoms with E-state index in [0.29, 0.717) is 0 Å². The van der Waals surface area contributed by atoms with Crippen molar-refractivity contribution in [2.75, 3.05) is 18.5 Å². The summed E-state index contributed by atoms with van der Waals surface area (Å²) in [5, 5.41) is 8.61. The van der Waals surface area contributed by atoms with Gasteiger partial charge in [-0.2, -0.15) is 0 Å². The van der Waals surface area contributed by atoms with Crippen molar-refractivity contribution in [1.82, 2.24) is 0 Å². The first kappa shape index (κ1) is 14.1. The lowest BCUT2D eigenvalue weighted by Crippen LogP contribution is -2.20. The molecule has 1 fully saturated rings. The van der Waals surface area contributed by atoms with E-state index in [-0.39, 0.29) is 0 Å². The molecule has 0 heterocycles. The number of rotatable bonds is 5. The predicted molar refractivity (Wildman–Crippen MR) is 81.4 cm³/mol. The van der Waals surface area contributed by atoms with Gasteiger partial charge in [-0.1, -0.05) is 13.0 Å². The first-order chi connectivity index (χ1) is 8.97. The molecule has 0 bridgehead atoms. The van der Waals surface area contributed by atoms with Crippen molar-refractivity contribution in [3.8, 4) is 0 Å². The molecule has 3 nitrogen and oxygen atoms in total. The van der Waals surface area contributed by atoms with Gasteiger partial charge in [0.15, 0.2) is 0 Å². The minimum absolute atomic E-state index is 0.809. The molecule has 2 atom stereocenters. The van der Waals surface area contributed by atoms with Crippen LogP contribution in [0.2, 0.25) is 0 Å². The average molecular weight is 324 g/mol. The van der Waals surface area contributed by atoms with Gasteiger partial charge in [0, 0.05) is 24.1 Å². The van der Waals surface area contributed by atoms with Crippen LogP contribution in [-0.2, 0) is 4.79 Å². The molecule has 1 saturated carbocycles. The topological polar surface area (TPSA) is 40.5 Å². The van der Waals surface area contributed by atoms with Gasteiger partial charge < -0.3 is 10.0 Å². The Kier molecular flexibility index (Phi) is 4.30. The third-order valence-electron chi connectivity index (χ3n) is 3.59. The molecule has 1 aliphatic rings. The molecule has 102 valence electrons. The number of anilines is 1. The summed E-state index contributed by atoms with van der Waals surface area (Å²) in [5.41, 5.74) is 2.03. The van der Waals surface area contributed by atoms with Crippen molar-refractivity contribution in [2.45, 2.75) is 13.3 Å². The van der Waals surface area contributed by atoms with Gasteiger partial charge in [0.25, 0.3) is 0 Å². The maximum Gasteiger partial charge on any atom is 0.328 e. The maximum atomic E-state index is 10.5. The van der Waals surface area contributed by atoms with Crippen LogP contribution in [0.15, 0.2) is 28.7 Å². The van der Waals surface area contributed by atoms with Crippen molar-refractivity contribution >= 4 is 33.7 Å². The van der Waals surface area contributed by atoms with Crippen molar-refractivity contribution in [1.29, 1.82) is 0 Å². The van der Waals surface area contributed by atoms with Gasteiger partial charge in [-0.3, -0.25) is 0 Å². The highest BCUT2D eigenvalue weighted by Crippen LogP contribution is 2.39. The molecule has 1 aromatic carbocycles.